The van der Waals surface area contributed by atoms with Crippen LogP contribution in [0, 0.1) is 6.92 Å². The molecule has 1 aliphatic heterocycles. The van der Waals surface area contributed by atoms with Gasteiger partial charge in [-0.05, 0) is 36.1 Å². The molecular formula is C12H15NO. The van der Waals surface area contributed by atoms with Crippen molar-refractivity contribution < 1.29 is 4.74 Å². The van der Waals surface area contributed by atoms with E-state index in [0.29, 0.717) is 0 Å². The lowest BCUT2D eigenvalue weighted by Gasteiger charge is -2.14. The number of hydrogen-bond donors (Lipinski definition) is 1. The van der Waals surface area contributed by atoms with Crippen LogP contribution in [0.3, 0.4) is 0 Å². The van der Waals surface area contributed by atoms with Crippen LogP contribution in [0.1, 0.15) is 17.5 Å². The Bertz CT molecular complexity index is 369. The number of nitrogen functional groups attached to an aromatic ring is 1. The summed E-state index contributed by atoms with van der Waals surface area (Å²) in [4.78, 5) is 0. The highest BCUT2D eigenvalue weighted by Gasteiger charge is 2.06. The maximum atomic E-state index is 5.87. The molecule has 2 heteroatoms. The van der Waals surface area contributed by atoms with Crippen LogP contribution in [0.2, 0.25) is 0 Å². The van der Waals surface area contributed by atoms with Crippen LogP contribution >= 0.6 is 0 Å². The molecule has 0 radical (unpaired) electrons. The van der Waals surface area contributed by atoms with E-state index in [4.69, 9.17) is 10.5 Å². The van der Waals surface area contributed by atoms with Gasteiger partial charge >= 0.3 is 0 Å². The summed E-state index contributed by atoms with van der Waals surface area (Å²) in [6, 6.07) is 6.25. The molecule has 0 saturated carbocycles. The van der Waals surface area contributed by atoms with Gasteiger partial charge in [0.2, 0.25) is 0 Å². The summed E-state index contributed by atoms with van der Waals surface area (Å²) in [6.45, 7) is 3.57. The van der Waals surface area contributed by atoms with Crippen molar-refractivity contribution in [2.24, 2.45) is 0 Å². The lowest BCUT2D eigenvalue weighted by Crippen LogP contribution is -2.04. The van der Waals surface area contributed by atoms with Gasteiger partial charge in [-0.25, -0.2) is 0 Å². The summed E-state index contributed by atoms with van der Waals surface area (Å²) in [7, 11) is 0. The van der Waals surface area contributed by atoms with E-state index in [1.165, 1.54) is 11.1 Å². The molecule has 0 aromatic heterocycles. The summed E-state index contributed by atoms with van der Waals surface area (Å²) in [5.74, 6) is 0. The average molecular weight is 189 g/mol. The van der Waals surface area contributed by atoms with Gasteiger partial charge in [0.05, 0.1) is 13.2 Å². The topological polar surface area (TPSA) is 35.2 Å². The molecule has 1 heterocycles. The Balaban J connectivity index is 2.32. The van der Waals surface area contributed by atoms with Crippen LogP contribution in [0.25, 0.3) is 5.57 Å². The summed E-state index contributed by atoms with van der Waals surface area (Å²) >= 11 is 0. The zero-order valence-corrected chi connectivity index (χ0v) is 8.42. The van der Waals surface area contributed by atoms with E-state index in [1.54, 1.807) is 0 Å². The number of aryl methyl sites for hydroxylation is 1. The number of hydrogen-bond acceptors (Lipinski definition) is 2. The molecule has 74 valence electrons. The zero-order valence-electron chi connectivity index (χ0n) is 8.42. The molecular weight excluding hydrogens is 174 g/mol. The average Bonchev–Trinajstić information content (AvgIpc) is 2.23. The standard InChI is InChI=1S/C12H15NO/c1-9-2-3-11(8-12(9)13)10-4-6-14-7-5-10/h2-4,8H,5-7,13H2,1H3. The minimum Gasteiger partial charge on any atom is -0.398 e. The van der Waals surface area contributed by atoms with Crippen molar-refractivity contribution in [1.29, 1.82) is 0 Å². The fourth-order valence-corrected chi connectivity index (χ4v) is 1.63. The van der Waals surface area contributed by atoms with Crippen LogP contribution in [0.5, 0.6) is 0 Å². The molecule has 0 atom stereocenters. The third-order valence-corrected chi connectivity index (χ3v) is 2.61. The molecule has 2 N–H and O–H groups in total. The Kier molecular flexibility index (Phi) is 2.55. The molecule has 0 fully saturated rings. The Morgan fingerprint density at radius 3 is 2.86 bits per heavy atom. The number of rotatable bonds is 1. The minimum atomic E-state index is 0.725. The van der Waals surface area contributed by atoms with Crippen LogP contribution in [-0.2, 0) is 4.74 Å². The predicted octanol–water partition coefficient (Wildman–Crippen LogP) is 2.38. The van der Waals surface area contributed by atoms with E-state index in [0.717, 1.165) is 30.9 Å². The predicted molar refractivity (Wildman–Crippen MR) is 59.0 cm³/mol. The number of benzene rings is 1. The van der Waals surface area contributed by atoms with Crippen molar-refractivity contribution in [2.75, 3.05) is 18.9 Å². The Labute approximate surface area is 84.4 Å². The lowest BCUT2D eigenvalue weighted by molar-refractivity contribution is 0.161. The van der Waals surface area contributed by atoms with Gasteiger partial charge in [0, 0.05) is 5.69 Å². The molecule has 1 aromatic rings. The third kappa shape index (κ3) is 1.80. The molecule has 0 unspecified atom stereocenters. The second kappa shape index (κ2) is 3.84. The van der Waals surface area contributed by atoms with Gasteiger partial charge in [-0.15, -0.1) is 0 Å². The van der Waals surface area contributed by atoms with E-state index in [-0.39, 0.29) is 0 Å². The third-order valence-electron chi connectivity index (χ3n) is 2.61. The Hall–Kier alpha value is -1.28. The van der Waals surface area contributed by atoms with Gasteiger partial charge < -0.3 is 10.5 Å². The maximum absolute atomic E-state index is 5.87. The minimum absolute atomic E-state index is 0.725. The Morgan fingerprint density at radius 2 is 2.21 bits per heavy atom. The normalized spacial score (nSPS) is 16.5. The van der Waals surface area contributed by atoms with Crippen molar-refractivity contribution in [2.45, 2.75) is 13.3 Å². The van der Waals surface area contributed by atoms with Crippen molar-refractivity contribution in [1.82, 2.24) is 0 Å². The summed E-state index contributed by atoms with van der Waals surface area (Å²) < 4.78 is 5.27. The first-order chi connectivity index (χ1) is 6.77. The lowest BCUT2D eigenvalue weighted by atomic mass is 9.99. The van der Waals surface area contributed by atoms with Gasteiger partial charge in [0.1, 0.15) is 0 Å². The zero-order chi connectivity index (χ0) is 9.97. The highest BCUT2D eigenvalue weighted by atomic mass is 16.5. The highest BCUT2D eigenvalue weighted by molar-refractivity contribution is 5.69. The van der Waals surface area contributed by atoms with Crippen LogP contribution in [-0.4, -0.2) is 13.2 Å². The molecule has 0 bridgehead atoms. The quantitative estimate of drug-likeness (QED) is 0.688. The van der Waals surface area contributed by atoms with Crippen molar-refractivity contribution >= 4 is 11.3 Å². The maximum Gasteiger partial charge on any atom is 0.0653 e. The van der Waals surface area contributed by atoms with Crippen LogP contribution < -0.4 is 5.73 Å². The molecule has 0 amide bonds. The van der Waals surface area contributed by atoms with Gasteiger partial charge in [0.25, 0.3) is 0 Å². The molecule has 1 aromatic carbocycles. The summed E-state index contributed by atoms with van der Waals surface area (Å²) in [6.07, 6.45) is 3.12. The SMILES string of the molecule is Cc1ccc(C2=CCOCC2)cc1N. The first kappa shape index (κ1) is 9.28. The fraction of sp³-hybridized carbons (Fsp3) is 0.333. The summed E-state index contributed by atoms with van der Waals surface area (Å²) in [5, 5.41) is 0. The fourth-order valence-electron chi connectivity index (χ4n) is 1.63. The molecule has 0 saturated heterocycles. The van der Waals surface area contributed by atoms with E-state index in [9.17, 15) is 0 Å². The number of anilines is 1. The van der Waals surface area contributed by atoms with Crippen LogP contribution in [0.15, 0.2) is 24.3 Å². The van der Waals surface area contributed by atoms with E-state index in [2.05, 4.69) is 18.2 Å². The van der Waals surface area contributed by atoms with Gasteiger partial charge in [0.15, 0.2) is 0 Å². The monoisotopic (exact) mass is 189 g/mol. The molecule has 2 rings (SSSR count). The second-order valence-corrected chi connectivity index (χ2v) is 3.63. The summed E-state index contributed by atoms with van der Waals surface area (Å²) in [5.41, 5.74) is 10.5. The molecule has 0 aliphatic carbocycles. The Morgan fingerprint density at radius 1 is 1.36 bits per heavy atom. The van der Waals surface area contributed by atoms with E-state index in [1.807, 2.05) is 13.0 Å². The number of nitrogens with two attached hydrogens (primary N) is 1. The van der Waals surface area contributed by atoms with Gasteiger partial charge in [-0.3, -0.25) is 0 Å². The molecule has 14 heavy (non-hydrogen) atoms. The van der Waals surface area contributed by atoms with Gasteiger partial charge in [-0.2, -0.15) is 0 Å². The molecule has 0 spiro atoms. The highest BCUT2D eigenvalue weighted by Crippen LogP contribution is 2.24. The molecule has 1 aliphatic rings. The van der Waals surface area contributed by atoms with E-state index < -0.39 is 0 Å². The first-order valence-electron chi connectivity index (χ1n) is 4.90. The number of ether oxygens (including phenoxy) is 1. The largest absolute Gasteiger partial charge is 0.398 e. The van der Waals surface area contributed by atoms with Crippen LogP contribution in [0.4, 0.5) is 5.69 Å². The first-order valence-corrected chi connectivity index (χ1v) is 4.90. The van der Waals surface area contributed by atoms with Crippen molar-refractivity contribution in [3.8, 4) is 0 Å². The van der Waals surface area contributed by atoms with Crippen molar-refractivity contribution in [3.63, 3.8) is 0 Å². The smallest absolute Gasteiger partial charge is 0.0653 e. The van der Waals surface area contributed by atoms with Gasteiger partial charge in [-0.1, -0.05) is 18.2 Å². The van der Waals surface area contributed by atoms with E-state index >= 15 is 0 Å². The molecule has 2 nitrogen and oxygen atoms in total. The second-order valence-electron chi connectivity index (χ2n) is 3.63. The van der Waals surface area contributed by atoms with Crippen molar-refractivity contribution in [3.05, 3.63) is 35.4 Å².